The van der Waals surface area contributed by atoms with Gasteiger partial charge in [-0.05, 0) is 26.3 Å². The lowest BCUT2D eigenvalue weighted by Crippen LogP contribution is -2.33. The SMILES string of the molecule is CCN(CC)C(=O)C(Sc1nnc(C)s1)c1ccccc1. The van der Waals surface area contributed by atoms with E-state index in [1.165, 1.54) is 23.1 Å². The molecule has 1 amide bonds. The first-order chi connectivity index (χ1) is 10.2. The van der Waals surface area contributed by atoms with Crippen molar-refractivity contribution in [3.8, 4) is 0 Å². The molecule has 0 bridgehead atoms. The summed E-state index contributed by atoms with van der Waals surface area (Å²) in [4.78, 5) is 14.6. The highest BCUT2D eigenvalue weighted by molar-refractivity contribution is 8.01. The molecule has 0 fully saturated rings. The van der Waals surface area contributed by atoms with Crippen LogP contribution in [0.2, 0.25) is 0 Å². The molecule has 21 heavy (non-hydrogen) atoms. The number of aromatic nitrogens is 2. The van der Waals surface area contributed by atoms with Gasteiger partial charge in [0.05, 0.1) is 0 Å². The highest BCUT2D eigenvalue weighted by Gasteiger charge is 2.26. The monoisotopic (exact) mass is 321 g/mol. The van der Waals surface area contributed by atoms with E-state index in [2.05, 4.69) is 10.2 Å². The first kappa shape index (κ1) is 16.0. The summed E-state index contributed by atoms with van der Waals surface area (Å²) in [6, 6.07) is 9.87. The second-order valence-corrected chi connectivity index (χ2v) is 7.04. The summed E-state index contributed by atoms with van der Waals surface area (Å²) in [6.45, 7) is 7.36. The van der Waals surface area contributed by atoms with Crippen LogP contribution in [0.15, 0.2) is 34.7 Å². The van der Waals surface area contributed by atoms with E-state index in [1.807, 2.05) is 56.0 Å². The fourth-order valence-corrected chi connectivity index (χ4v) is 4.11. The third-order valence-corrected chi connectivity index (χ3v) is 5.29. The third-order valence-electron chi connectivity index (χ3n) is 3.13. The first-order valence-electron chi connectivity index (χ1n) is 6.96. The minimum atomic E-state index is -0.265. The predicted octanol–water partition coefficient (Wildman–Crippen LogP) is 3.55. The van der Waals surface area contributed by atoms with E-state index in [1.54, 1.807) is 0 Å². The summed E-state index contributed by atoms with van der Waals surface area (Å²) in [6.07, 6.45) is 0. The van der Waals surface area contributed by atoms with Crippen molar-refractivity contribution < 1.29 is 4.79 Å². The molecule has 112 valence electrons. The maximum Gasteiger partial charge on any atom is 0.240 e. The van der Waals surface area contributed by atoms with Gasteiger partial charge < -0.3 is 4.90 Å². The lowest BCUT2D eigenvalue weighted by atomic mass is 10.1. The Morgan fingerprint density at radius 3 is 2.43 bits per heavy atom. The number of hydrogen-bond acceptors (Lipinski definition) is 5. The number of nitrogens with zero attached hydrogens (tertiary/aromatic N) is 3. The van der Waals surface area contributed by atoms with E-state index < -0.39 is 0 Å². The number of amides is 1. The number of hydrogen-bond donors (Lipinski definition) is 0. The second kappa shape index (κ2) is 7.56. The summed E-state index contributed by atoms with van der Waals surface area (Å²) < 4.78 is 0.835. The minimum absolute atomic E-state index is 0.129. The standard InChI is InChI=1S/C15H19N3OS2/c1-4-18(5-2)14(19)13(12-9-7-6-8-10-12)21-15-17-16-11(3)20-15/h6-10,13H,4-5H2,1-3H3. The normalized spacial score (nSPS) is 12.1. The Morgan fingerprint density at radius 2 is 1.90 bits per heavy atom. The molecule has 0 N–H and O–H groups in total. The lowest BCUT2D eigenvalue weighted by Gasteiger charge is -2.24. The van der Waals surface area contributed by atoms with E-state index in [0.717, 1.165) is 14.9 Å². The molecule has 6 heteroatoms. The van der Waals surface area contributed by atoms with Crippen LogP contribution in [0.5, 0.6) is 0 Å². The Bertz CT molecular complexity index is 582. The maximum atomic E-state index is 12.8. The summed E-state index contributed by atoms with van der Waals surface area (Å²) in [5, 5.41) is 8.82. The van der Waals surface area contributed by atoms with Crippen molar-refractivity contribution in [3.05, 3.63) is 40.9 Å². The van der Waals surface area contributed by atoms with Gasteiger partial charge in [-0.3, -0.25) is 4.79 Å². The van der Waals surface area contributed by atoms with Crippen LogP contribution in [-0.2, 0) is 4.79 Å². The number of aryl methyl sites for hydroxylation is 1. The van der Waals surface area contributed by atoms with Gasteiger partial charge >= 0.3 is 0 Å². The van der Waals surface area contributed by atoms with Crippen LogP contribution in [0.4, 0.5) is 0 Å². The molecular formula is C15H19N3OS2. The molecule has 0 saturated carbocycles. The van der Waals surface area contributed by atoms with Crippen LogP contribution >= 0.6 is 23.1 Å². The Hall–Kier alpha value is -1.40. The van der Waals surface area contributed by atoms with Gasteiger partial charge in [0.1, 0.15) is 10.3 Å². The van der Waals surface area contributed by atoms with Crippen molar-refractivity contribution in [2.75, 3.05) is 13.1 Å². The molecule has 0 radical (unpaired) electrons. The predicted molar refractivity (Wildman–Crippen MR) is 87.6 cm³/mol. The number of likely N-dealkylation sites (N-methyl/N-ethyl adjacent to an activating group) is 1. The Morgan fingerprint density at radius 1 is 1.24 bits per heavy atom. The number of benzene rings is 1. The van der Waals surface area contributed by atoms with Gasteiger partial charge in [0.15, 0.2) is 4.34 Å². The molecule has 0 aliphatic carbocycles. The molecular weight excluding hydrogens is 302 g/mol. The largest absolute Gasteiger partial charge is 0.342 e. The fraction of sp³-hybridized carbons (Fsp3) is 0.400. The second-order valence-electron chi connectivity index (χ2n) is 4.51. The van der Waals surface area contributed by atoms with Gasteiger partial charge in [0.25, 0.3) is 0 Å². The van der Waals surface area contributed by atoms with Crippen molar-refractivity contribution in [2.45, 2.75) is 30.4 Å². The first-order valence-corrected chi connectivity index (χ1v) is 8.65. The molecule has 2 aromatic rings. The van der Waals surface area contributed by atoms with Gasteiger partial charge in [0, 0.05) is 13.1 Å². The average Bonchev–Trinajstić information content (AvgIpc) is 2.92. The van der Waals surface area contributed by atoms with Crippen LogP contribution in [0.3, 0.4) is 0 Å². The van der Waals surface area contributed by atoms with Crippen molar-refractivity contribution in [2.24, 2.45) is 0 Å². The molecule has 0 aliphatic rings. The van der Waals surface area contributed by atoms with Crippen molar-refractivity contribution in [1.82, 2.24) is 15.1 Å². The molecule has 0 aliphatic heterocycles. The number of carbonyl (C=O) groups excluding carboxylic acids is 1. The smallest absolute Gasteiger partial charge is 0.240 e. The molecule has 2 rings (SSSR count). The van der Waals surface area contributed by atoms with Crippen molar-refractivity contribution in [1.29, 1.82) is 0 Å². The summed E-state index contributed by atoms with van der Waals surface area (Å²) in [5.41, 5.74) is 1.01. The summed E-state index contributed by atoms with van der Waals surface area (Å²) >= 11 is 3.01. The van der Waals surface area contributed by atoms with E-state index in [9.17, 15) is 4.79 Å². The fourth-order valence-electron chi connectivity index (χ4n) is 2.02. The summed E-state index contributed by atoms with van der Waals surface area (Å²) in [5.74, 6) is 0.129. The molecule has 1 unspecified atom stereocenters. The highest BCUT2D eigenvalue weighted by Crippen LogP contribution is 2.37. The number of thioether (sulfide) groups is 1. The minimum Gasteiger partial charge on any atom is -0.342 e. The van der Waals surface area contributed by atoms with Crippen molar-refractivity contribution >= 4 is 29.0 Å². The van der Waals surface area contributed by atoms with Crippen LogP contribution in [0, 0.1) is 6.92 Å². The lowest BCUT2D eigenvalue weighted by molar-refractivity contribution is -0.130. The van der Waals surface area contributed by atoms with Crippen LogP contribution in [0.25, 0.3) is 0 Å². The zero-order valence-corrected chi connectivity index (χ0v) is 14.1. The van der Waals surface area contributed by atoms with Gasteiger partial charge in [-0.1, -0.05) is 53.4 Å². The topological polar surface area (TPSA) is 46.1 Å². The Kier molecular flexibility index (Phi) is 5.76. The third kappa shape index (κ3) is 4.04. The highest BCUT2D eigenvalue weighted by atomic mass is 32.2. The molecule has 0 saturated heterocycles. The molecule has 4 nitrogen and oxygen atoms in total. The summed E-state index contributed by atoms with van der Waals surface area (Å²) in [7, 11) is 0. The van der Waals surface area contributed by atoms with Gasteiger partial charge in [-0.2, -0.15) is 0 Å². The van der Waals surface area contributed by atoms with E-state index >= 15 is 0 Å². The Balaban J connectivity index is 2.28. The van der Waals surface area contributed by atoms with Gasteiger partial charge in [-0.15, -0.1) is 10.2 Å². The van der Waals surface area contributed by atoms with Crippen molar-refractivity contribution in [3.63, 3.8) is 0 Å². The molecule has 0 spiro atoms. The number of carbonyl (C=O) groups is 1. The zero-order valence-electron chi connectivity index (χ0n) is 12.4. The van der Waals surface area contributed by atoms with E-state index in [-0.39, 0.29) is 11.2 Å². The quantitative estimate of drug-likeness (QED) is 0.763. The Labute approximate surface area is 133 Å². The molecule has 1 heterocycles. The maximum absolute atomic E-state index is 12.8. The molecule has 1 aromatic carbocycles. The van der Waals surface area contributed by atoms with E-state index in [0.29, 0.717) is 13.1 Å². The van der Waals surface area contributed by atoms with Gasteiger partial charge in [0.2, 0.25) is 5.91 Å². The van der Waals surface area contributed by atoms with Crippen LogP contribution < -0.4 is 0 Å². The van der Waals surface area contributed by atoms with Gasteiger partial charge in [-0.25, -0.2) is 0 Å². The zero-order chi connectivity index (χ0) is 15.2. The van der Waals surface area contributed by atoms with Crippen LogP contribution in [0.1, 0.15) is 29.7 Å². The number of rotatable bonds is 6. The van der Waals surface area contributed by atoms with E-state index in [4.69, 9.17) is 0 Å². The molecule has 1 atom stereocenters. The average molecular weight is 321 g/mol. The molecule has 1 aromatic heterocycles. The van der Waals surface area contributed by atoms with Crippen LogP contribution in [-0.4, -0.2) is 34.1 Å².